The van der Waals surface area contributed by atoms with Crippen LogP contribution in [-0.2, 0) is 30.8 Å². The second-order valence-corrected chi connectivity index (χ2v) is 16.8. The molecule has 0 fully saturated rings. The number of nitrogens with zero attached hydrogens (tertiary/aromatic N) is 1. The molecular weight excluding hydrogens is 745 g/mol. The number of aromatic hydroxyl groups is 1. The number of aromatic nitrogens is 1. The van der Waals surface area contributed by atoms with Gasteiger partial charge in [0.05, 0.1) is 38.0 Å². The lowest BCUT2D eigenvalue weighted by Gasteiger charge is -2.21. The Bertz CT molecular complexity index is 2060. The number of ether oxygens (including phenoxy) is 2. The number of Topliss-reactive ketones (excluding diaryl/α,β-unsaturated/α-hetero) is 1. The van der Waals surface area contributed by atoms with Crippen LogP contribution < -0.4 is 10.0 Å². The van der Waals surface area contributed by atoms with Crippen molar-refractivity contribution in [2.45, 2.75) is 76.6 Å². The number of carbonyl (C=O) groups excluding carboxylic acids is 4. The zero-order chi connectivity index (χ0) is 37.9. The van der Waals surface area contributed by atoms with Crippen molar-refractivity contribution in [3.8, 4) is 17.1 Å². The van der Waals surface area contributed by atoms with Crippen LogP contribution in [0.1, 0.15) is 83.6 Å². The Morgan fingerprint density at radius 3 is 2.24 bits per heavy atom. The molecule has 17 heteroatoms. The Balaban J connectivity index is 1.50. The third-order valence-corrected chi connectivity index (χ3v) is 9.67. The monoisotopic (exact) mass is 779 g/mol. The molecule has 0 radical (unpaired) electrons. The maximum absolute atomic E-state index is 13.6. The summed E-state index contributed by atoms with van der Waals surface area (Å²) in [6.45, 7) is 9.59. The van der Waals surface area contributed by atoms with Gasteiger partial charge in [-0.3, -0.25) is 14.4 Å². The number of carbonyl (C=O) groups is 4. The van der Waals surface area contributed by atoms with E-state index in [0.717, 1.165) is 29.5 Å². The Kier molecular flexibility index (Phi) is 12.0. The number of nitrogens with one attached hydrogen (secondary N) is 2. The molecule has 2 aromatic heterocycles. The lowest BCUT2D eigenvalue weighted by atomic mass is 10.1. The molecule has 0 aliphatic carbocycles. The van der Waals surface area contributed by atoms with Crippen molar-refractivity contribution < 1.29 is 46.6 Å². The van der Waals surface area contributed by atoms with Crippen molar-refractivity contribution in [3.05, 3.63) is 86.0 Å². The van der Waals surface area contributed by atoms with E-state index in [9.17, 15) is 32.7 Å². The number of amides is 1. The first kappa shape index (κ1) is 39.5. The van der Waals surface area contributed by atoms with E-state index in [4.69, 9.17) is 37.1 Å². The summed E-state index contributed by atoms with van der Waals surface area (Å²) in [5, 5.41) is 13.2. The number of phenolic OH excluding ortho intramolecular Hbond substituents is 1. The summed E-state index contributed by atoms with van der Waals surface area (Å²) >= 11 is 13.5. The topological polar surface area (TPSA) is 191 Å². The maximum atomic E-state index is 13.6. The average molecular weight is 781 g/mol. The summed E-state index contributed by atoms with van der Waals surface area (Å²) in [5.74, 6) is -4.01. The molecule has 1 amide bonds. The van der Waals surface area contributed by atoms with Crippen molar-refractivity contribution in [3.63, 3.8) is 0 Å². The lowest BCUT2D eigenvalue weighted by molar-refractivity contribution is -0.155. The Morgan fingerprint density at radius 1 is 0.961 bits per heavy atom. The van der Waals surface area contributed by atoms with Gasteiger partial charge in [-0.25, -0.2) is 22.9 Å². The van der Waals surface area contributed by atoms with Crippen molar-refractivity contribution in [1.29, 1.82) is 0 Å². The molecule has 0 aliphatic rings. The van der Waals surface area contributed by atoms with Gasteiger partial charge in [0.15, 0.2) is 5.76 Å². The number of thiophene rings is 1. The molecule has 0 saturated heterocycles. The Labute approximate surface area is 308 Å². The van der Waals surface area contributed by atoms with Gasteiger partial charge in [0, 0.05) is 11.4 Å². The molecular formula is C34H35Cl2N3O10S2. The molecule has 51 heavy (non-hydrogen) atoms. The maximum Gasteiger partial charge on any atom is 0.342 e. The van der Waals surface area contributed by atoms with Crippen LogP contribution in [0.25, 0.3) is 11.3 Å². The molecule has 0 bridgehead atoms. The highest BCUT2D eigenvalue weighted by molar-refractivity contribution is 7.89. The van der Waals surface area contributed by atoms with Gasteiger partial charge in [-0.2, -0.15) is 0 Å². The number of phenols is 1. The van der Waals surface area contributed by atoms with Crippen LogP contribution >= 0.6 is 34.5 Å². The SMILES string of the molecule is CC(C)(C)OC(=O)C[C@H](NC(=O)c1ccc(CNS(=O)(=O)c2ccc(O)c(C(=O)OC(C)(C)C)c2)s1)C(=O)c1ncc(-c2c(Cl)cccc2Cl)o1. The first-order valence-corrected chi connectivity index (χ1v) is 18.3. The Morgan fingerprint density at radius 2 is 1.61 bits per heavy atom. The second-order valence-electron chi connectivity index (χ2n) is 13.1. The van der Waals surface area contributed by atoms with E-state index in [-0.39, 0.29) is 37.7 Å². The van der Waals surface area contributed by atoms with E-state index < -0.39 is 69.0 Å². The molecule has 0 unspecified atom stereocenters. The number of benzene rings is 2. The number of hydrogen-bond donors (Lipinski definition) is 3. The van der Waals surface area contributed by atoms with Gasteiger partial charge in [-0.15, -0.1) is 11.3 Å². The van der Waals surface area contributed by atoms with E-state index in [0.29, 0.717) is 10.4 Å². The predicted molar refractivity (Wildman–Crippen MR) is 190 cm³/mol. The molecule has 0 aliphatic heterocycles. The lowest BCUT2D eigenvalue weighted by Crippen LogP contribution is -2.43. The zero-order valence-electron chi connectivity index (χ0n) is 28.3. The first-order valence-electron chi connectivity index (χ1n) is 15.3. The van der Waals surface area contributed by atoms with E-state index in [1.165, 1.54) is 18.3 Å². The minimum atomic E-state index is -4.19. The van der Waals surface area contributed by atoms with Gasteiger partial charge >= 0.3 is 11.9 Å². The minimum absolute atomic E-state index is 0.0926. The van der Waals surface area contributed by atoms with Gasteiger partial charge in [0.1, 0.15) is 28.6 Å². The summed E-state index contributed by atoms with van der Waals surface area (Å²) in [5.41, 5.74) is -1.78. The largest absolute Gasteiger partial charge is 0.507 e. The summed E-state index contributed by atoms with van der Waals surface area (Å²) in [6, 6.07) is 9.45. The molecule has 13 nitrogen and oxygen atoms in total. The van der Waals surface area contributed by atoms with Gasteiger partial charge in [-0.05, 0) is 84.0 Å². The number of halogens is 2. The van der Waals surface area contributed by atoms with Crippen LogP contribution in [0.2, 0.25) is 10.0 Å². The highest BCUT2D eigenvalue weighted by Gasteiger charge is 2.32. The molecule has 1 atom stereocenters. The third-order valence-electron chi connectivity index (χ3n) is 6.56. The number of rotatable bonds is 12. The van der Waals surface area contributed by atoms with Crippen LogP contribution in [0.15, 0.2) is 64.0 Å². The molecule has 2 heterocycles. The highest BCUT2D eigenvalue weighted by atomic mass is 35.5. The summed E-state index contributed by atoms with van der Waals surface area (Å²) in [6.07, 6.45) is 0.693. The van der Waals surface area contributed by atoms with Crippen LogP contribution in [0, 0.1) is 0 Å². The Hall–Kier alpha value is -4.28. The fourth-order valence-corrected chi connectivity index (χ4v) is 6.96. The predicted octanol–water partition coefficient (Wildman–Crippen LogP) is 6.56. The van der Waals surface area contributed by atoms with Crippen LogP contribution in [-0.4, -0.2) is 59.4 Å². The fraction of sp³-hybridized carbons (Fsp3) is 0.324. The van der Waals surface area contributed by atoms with Gasteiger partial charge < -0.3 is 24.3 Å². The van der Waals surface area contributed by atoms with E-state index >= 15 is 0 Å². The molecule has 4 rings (SSSR count). The van der Waals surface area contributed by atoms with Gasteiger partial charge in [0.25, 0.3) is 11.8 Å². The normalized spacial score (nSPS) is 12.6. The van der Waals surface area contributed by atoms with Crippen molar-refractivity contribution in [2.75, 3.05) is 0 Å². The third kappa shape index (κ3) is 10.6. The number of hydrogen-bond acceptors (Lipinski definition) is 12. The number of ketones is 1. The number of esters is 2. The average Bonchev–Trinajstić information content (AvgIpc) is 3.68. The van der Waals surface area contributed by atoms with Gasteiger partial charge in [-0.1, -0.05) is 29.3 Å². The number of oxazole rings is 1. The first-order chi connectivity index (χ1) is 23.6. The van der Waals surface area contributed by atoms with E-state index in [1.807, 2.05) is 0 Å². The summed E-state index contributed by atoms with van der Waals surface area (Å²) in [4.78, 5) is 56.4. The second kappa shape index (κ2) is 15.5. The summed E-state index contributed by atoms with van der Waals surface area (Å²) < 4.78 is 44.8. The smallest absolute Gasteiger partial charge is 0.342 e. The molecule has 4 aromatic rings. The molecule has 272 valence electrons. The number of sulfonamides is 1. The quantitative estimate of drug-likeness (QED) is 0.104. The fourth-order valence-electron chi connectivity index (χ4n) is 4.40. The molecule has 3 N–H and O–H groups in total. The van der Waals surface area contributed by atoms with Gasteiger partial charge in [0.2, 0.25) is 15.8 Å². The molecule has 0 saturated carbocycles. The van der Waals surface area contributed by atoms with E-state index in [2.05, 4.69) is 15.0 Å². The standard InChI is InChI=1S/C34H35Cl2N3O10S2/c1-33(2,3)48-27(41)15-23(29(42)31-37-17-25(47-31)28-21(35)8-7-9-22(28)36)39-30(43)26-13-10-18(50-26)16-38-51(45,46)19-11-12-24(40)20(14-19)32(44)49-34(4,5)6/h7-14,17,23,38,40H,15-16H2,1-6H3,(H,39,43)/t23-/m0/s1. The van der Waals surface area contributed by atoms with Crippen LogP contribution in [0.4, 0.5) is 0 Å². The zero-order valence-corrected chi connectivity index (χ0v) is 31.5. The van der Waals surface area contributed by atoms with Crippen molar-refractivity contribution in [1.82, 2.24) is 15.0 Å². The van der Waals surface area contributed by atoms with Crippen LogP contribution in [0.5, 0.6) is 5.75 Å². The van der Waals surface area contributed by atoms with E-state index in [1.54, 1.807) is 59.7 Å². The molecule has 0 spiro atoms. The van der Waals surface area contributed by atoms with Crippen LogP contribution in [0.3, 0.4) is 0 Å². The molecule has 2 aromatic carbocycles. The van der Waals surface area contributed by atoms with Crippen molar-refractivity contribution in [2.24, 2.45) is 0 Å². The summed E-state index contributed by atoms with van der Waals surface area (Å²) in [7, 11) is -4.19. The van der Waals surface area contributed by atoms with Crippen molar-refractivity contribution >= 4 is 68.2 Å². The highest BCUT2D eigenvalue weighted by Crippen LogP contribution is 2.35. The minimum Gasteiger partial charge on any atom is -0.507 e.